The Morgan fingerprint density at radius 3 is 2.02 bits per heavy atom. The maximum absolute atomic E-state index is 5.21. The van der Waals surface area contributed by atoms with Crippen molar-refractivity contribution < 1.29 is 0 Å². The van der Waals surface area contributed by atoms with Crippen molar-refractivity contribution in [3.63, 3.8) is 0 Å². The number of amidine groups is 2. The lowest BCUT2D eigenvalue weighted by Crippen LogP contribution is -2.33. The van der Waals surface area contributed by atoms with Gasteiger partial charge in [0.15, 0.2) is 5.84 Å². The fraction of sp³-hybridized carbons (Fsp3) is 0.0833. The van der Waals surface area contributed by atoms with Crippen molar-refractivity contribution in [2.45, 2.75) is 25.4 Å². The van der Waals surface area contributed by atoms with E-state index in [-0.39, 0.29) is 11.6 Å². The standard InChI is InChI=1S/C48H36N4/c1-48(2)41-22-11-9-20-37(41)39-30-44-40(29-42(39)48)38-21-10-12-23-43(38)52(44)36-19-13-18-35(28-36)47-50-45(33-16-7-4-8-17-33)49-46(51-47)34-26-24-32(25-27-34)31-14-5-3-6-15-31/h3-30,45H,1-2H3,(H,49,50,51). The fourth-order valence-electron chi connectivity index (χ4n) is 8.21. The zero-order chi connectivity index (χ0) is 34.8. The predicted molar refractivity (Wildman–Crippen MR) is 216 cm³/mol. The van der Waals surface area contributed by atoms with Gasteiger partial charge in [0.25, 0.3) is 0 Å². The molecule has 52 heavy (non-hydrogen) atoms. The van der Waals surface area contributed by atoms with Crippen molar-refractivity contribution in [2.24, 2.45) is 9.98 Å². The van der Waals surface area contributed by atoms with Crippen molar-refractivity contribution in [1.29, 1.82) is 0 Å². The highest BCUT2D eigenvalue weighted by molar-refractivity contribution is 6.14. The quantitative estimate of drug-likeness (QED) is 0.195. The lowest BCUT2D eigenvalue weighted by molar-refractivity contribution is 0.661. The summed E-state index contributed by atoms with van der Waals surface area (Å²) in [5.74, 6) is 1.51. The topological polar surface area (TPSA) is 41.7 Å². The third-order valence-electron chi connectivity index (χ3n) is 10.9. The first-order chi connectivity index (χ1) is 25.5. The highest BCUT2D eigenvalue weighted by Gasteiger charge is 2.36. The van der Waals surface area contributed by atoms with E-state index in [1.165, 1.54) is 55.2 Å². The van der Waals surface area contributed by atoms with Crippen molar-refractivity contribution in [2.75, 3.05) is 0 Å². The van der Waals surface area contributed by atoms with Gasteiger partial charge in [-0.15, -0.1) is 0 Å². The third kappa shape index (κ3) is 4.83. The van der Waals surface area contributed by atoms with Gasteiger partial charge in [-0.2, -0.15) is 0 Å². The zero-order valence-electron chi connectivity index (χ0n) is 29.1. The van der Waals surface area contributed by atoms with Crippen molar-refractivity contribution in [1.82, 2.24) is 9.88 Å². The lowest BCUT2D eigenvalue weighted by atomic mass is 9.82. The molecule has 2 aliphatic rings. The van der Waals surface area contributed by atoms with Crippen molar-refractivity contribution in [3.05, 3.63) is 198 Å². The second-order valence-electron chi connectivity index (χ2n) is 14.3. The lowest BCUT2D eigenvalue weighted by Gasteiger charge is -2.24. The van der Waals surface area contributed by atoms with Crippen LogP contribution in [-0.4, -0.2) is 16.2 Å². The van der Waals surface area contributed by atoms with Crippen LogP contribution >= 0.6 is 0 Å². The average molecular weight is 669 g/mol. The Bertz CT molecular complexity index is 2720. The molecular weight excluding hydrogens is 633 g/mol. The van der Waals surface area contributed by atoms with Crippen LogP contribution in [-0.2, 0) is 5.41 Å². The molecule has 1 unspecified atom stereocenters. The van der Waals surface area contributed by atoms with Gasteiger partial charge in [-0.3, -0.25) is 0 Å². The van der Waals surface area contributed by atoms with Crippen LogP contribution in [0, 0.1) is 0 Å². The molecule has 0 amide bonds. The average Bonchev–Trinajstić information content (AvgIpc) is 3.65. The van der Waals surface area contributed by atoms with E-state index in [1.54, 1.807) is 0 Å². The molecule has 7 aromatic carbocycles. The fourth-order valence-corrected chi connectivity index (χ4v) is 8.21. The predicted octanol–water partition coefficient (Wildman–Crippen LogP) is 11.3. The minimum atomic E-state index is -0.277. The van der Waals surface area contributed by atoms with E-state index in [4.69, 9.17) is 9.98 Å². The van der Waals surface area contributed by atoms with Gasteiger partial charge in [-0.1, -0.05) is 153 Å². The summed E-state index contributed by atoms with van der Waals surface area (Å²) in [7, 11) is 0. The summed E-state index contributed by atoms with van der Waals surface area (Å²) in [6.07, 6.45) is -0.277. The largest absolute Gasteiger partial charge is 0.344 e. The van der Waals surface area contributed by atoms with Crippen LogP contribution in [0.1, 0.15) is 47.8 Å². The summed E-state index contributed by atoms with van der Waals surface area (Å²) in [5, 5.41) is 6.15. The number of hydrogen-bond donors (Lipinski definition) is 1. The second-order valence-corrected chi connectivity index (χ2v) is 14.3. The van der Waals surface area contributed by atoms with E-state index in [0.717, 1.165) is 28.2 Å². The molecule has 0 saturated heterocycles. The zero-order valence-corrected chi connectivity index (χ0v) is 29.1. The van der Waals surface area contributed by atoms with Crippen LogP contribution in [0.2, 0.25) is 0 Å². The maximum Gasteiger partial charge on any atom is 0.159 e. The molecule has 2 heterocycles. The molecule has 248 valence electrons. The van der Waals surface area contributed by atoms with Gasteiger partial charge in [0.1, 0.15) is 12.0 Å². The number of nitrogens with zero attached hydrogens (tertiary/aromatic N) is 3. The molecule has 0 radical (unpaired) electrons. The van der Waals surface area contributed by atoms with E-state index >= 15 is 0 Å². The summed E-state index contributed by atoms with van der Waals surface area (Å²) in [5.41, 5.74) is 14.2. The molecule has 0 fully saturated rings. The first kappa shape index (κ1) is 30.3. The summed E-state index contributed by atoms with van der Waals surface area (Å²) >= 11 is 0. The highest BCUT2D eigenvalue weighted by Crippen LogP contribution is 2.51. The first-order valence-corrected chi connectivity index (χ1v) is 18.0. The van der Waals surface area contributed by atoms with E-state index in [9.17, 15) is 0 Å². The minimum absolute atomic E-state index is 0.0662. The van der Waals surface area contributed by atoms with Crippen molar-refractivity contribution in [3.8, 4) is 27.9 Å². The van der Waals surface area contributed by atoms with Gasteiger partial charge in [-0.25, -0.2) is 9.98 Å². The maximum atomic E-state index is 5.21. The number of para-hydroxylation sites is 1. The first-order valence-electron chi connectivity index (χ1n) is 18.0. The van der Waals surface area contributed by atoms with Crippen LogP contribution < -0.4 is 5.32 Å². The molecule has 1 aromatic heterocycles. The Labute approximate surface area is 303 Å². The molecular formula is C48H36N4. The van der Waals surface area contributed by atoms with Gasteiger partial charge in [-0.05, 0) is 69.3 Å². The monoisotopic (exact) mass is 668 g/mol. The molecule has 0 spiro atoms. The highest BCUT2D eigenvalue weighted by atomic mass is 15.2. The summed E-state index contributed by atoms with van der Waals surface area (Å²) in [6, 6.07) is 60.6. The Morgan fingerprint density at radius 1 is 0.519 bits per heavy atom. The molecule has 1 N–H and O–H groups in total. The second kappa shape index (κ2) is 11.8. The normalized spacial score (nSPS) is 15.8. The number of aromatic nitrogens is 1. The molecule has 4 nitrogen and oxygen atoms in total. The smallest absolute Gasteiger partial charge is 0.159 e. The van der Waals surface area contributed by atoms with E-state index < -0.39 is 0 Å². The number of nitrogens with one attached hydrogen (secondary N) is 1. The number of aliphatic imine (C=N–C) groups is 2. The van der Waals surface area contributed by atoms with Gasteiger partial charge >= 0.3 is 0 Å². The number of benzene rings is 7. The minimum Gasteiger partial charge on any atom is -0.344 e. The van der Waals surface area contributed by atoms with Crippen LogP contribution in [0.25, 0.3) is 49.7 Å². The Kier molecular flexibility index (Phi) is 6.87. The van der Waals surface area contributed by atoms with Gasteiger partial charge in [0, 0.05) is 33.0 Å². The summed E-state index contributed by atoms with van der Waals surface area (Å²) < 4.78 is 2.41. The van der Waals surface area contributed by atoms with E-state index in [2.05, 4.69) is 181 Å². The number of rotatable bonds is 5. The van der Waals surface area contributed by atoms with Crippen LogP contribution in [0.3, 0.4) is 0 Å². The molecule has 0 saturated carbocycles. The molecule has 0 bridgehead atoms. The Morgan fingerprint density at radius 2 is 1.19 bits per heavy atom. The number of fused-ring (bicyclic) bond motifs is 6. The molecule has 4 heteroatoms. The van der Waals surface area contributed by atoms with Crippen LogP contribution in [0.15, 0.2) is 180 Å². The van der Waals surface area contributed by atoms with E-state index in [1.807, 2.05) is 12.1 Å². The molecule has 1 atom stereocenters. The molecule has 10 rings (SSSR count). The van der Waals surface area contributed by atoms with Crippen molar-refractivity contribution >= 4 is 33.5 Å². The summed E-state index contributed by atoms with van der Waals surface area (Å²) in [6.45, 7) is 4.70. The van der Waals surface area contributed by atoms with E-state index in [0.29, 0.717) is 5.84 Å². The number of hydrogen-bond acceptors (Lipinski definition) is 3. The Balaban J connectivity index is 1.11. The third-order valence-corrected chi connectivity index (χ3v) is 10.9. The van der Waals surface area contributed by atoms with Crippen LogP contribution in [0.5, 0.6) is 0 Å². The summed E-state index contributed by atoms with van der Waals surface area (Å²) in [4.78, 5) is 10.4. The molecule has 1 aliphatic carbocycles. The van der Waals surface area contributed by atoms with Gasteiger partial charge in [0.2, 0.25) is 0 Å². The van der Waals surface area contributed by atoms with Gasteiger partial charge < -0.3 is 9.88 Å². The molecule has 8 aromatic rings. The van der Waals surface area contributed by atoms with Gasteiger partial charge in [0.05, 0.1) is 11.0 Å². The SMILES string of the molecule is CC1(C)c2ccccc2-c2cc3c(cc21)c1ccccc1n3-c1cccc(C2=NC(c3ccccc3)NC(c3ccc(-c4ccccc4)cc3)=N2)c1. The Hall–Kier alpha value is -6.52. The van der Waals surface area contributed by atoms with Crippen LogP contribution in [0.4, 0.5) is 0 Å². The molecule has 1 aliphatic heterocycles.